The van der Waals surface area contributed by atoms with E-state index in [4.69, 9.17) is 0 Å². The van der Waals surface area contributed by atoms with E-state index in [1.807, 2.05) is 19.2 Å². The predicted molar refractivity (Wildman–Crippen MR) is 56.4 cm³/mol. The van der Waals surface area contributed by atoms with Crippen molar-refractivity contribution < 1.29 is 0 Å². The fourth-order valence-corrected chi connectivity index (χ4v) is 1.41. The number of hydrogen-bond donors (Lipinski definition) is 1. The highest BCUT2D eigenvalue weighted by Gasteiger charge is 1.94. The normalized spacial score (nSPS) is 9.50. The van der Waals surface area contributed by atoms with E-state index in [1.54, 1.807) is 0 Å². The molecule has 0 aliphatic rings. The fourth-order valence-electron chi connectivity index (χ4n) is 0.652. The number of hydrogen-bond acceptors (Lipinski definition) is 1. The standard InChI is InChI=1S/C7H7BrIN/c1-10-5-2-3-6(8)7(9)4-5/h2-4,10H,1H3. The first kappa shape index (κ1) is 8.33. The molecule has 54 valence electrons. The van der Waals surface area contributed by atoms with Crippen LogP contribution >= 0.6 is 38.5 Å². The van der Waals surface area contributed by atoms with Crippen molar-refractivity contribution in [2.45, 2.75) is 0 Å². The molecule has 1 N–H and O–H groups in total. The topological polar surface area (TPSA) is 12.0 Å². The molecule has 1 nitrogen and oxygen atoms in total. The summed E-state index contributed by atoms with van der Waals surface area (Å²) in [7, 11) is 1.92. The molecule has 0 saturated carbocycles. The summed E-state index contributed by atoms with van der Waals surface area (Å²) in [5, 5.41) is 3.07. The van der Waals surface area contributed by atoms with Crippen molar-refractivity contribution in [3.63, 3.8) is 0 Å². The number of benzene rings is 1. The molecule has 0 fully saturated rings. The summed E-state index contributed by atoms with van der Waals surface area (Å²) in [4.78, 5) is 0. The Balaban J connectivity index is 3.04. The molecule has 10 heavy (non-hydrogen) atoms. The molecule has 0 atom stereocenters. The minimum atomic E-state index is 1.15. The molecule has 0 spiro atoms. The molecular weight excluding hydrogens is 305 g/mol. The third kappa shape index (κ3) is 1.85. The van der Waals surface area contributed by atoms with Crippen LogP contribution in [0, 0.1) is 3.57 Å². The summed E-state index contributed by atoms with van der Waals surface area (Å²) in [6.45, 7) is 0. The molecule has 1 aromatic carbocycles. The fraction of sp³-hybridized carbons (Fsp3) is 0.143. The largest absolute Gasteiger partial charge is 0.388 e. The highest BCUT2D eigenvalue weighted by molar-refractivity contribution is 14.1. The van der Waals surface area contributed by atoms with Crippen LogP contribution in [0.3, 0.4) is 0 Å². The van der Waals surface area contributed by atoms with Gasteiger partial charge in [-0.15, -0.1) is 0 Å². The van der Waals surface area contributed by atoms with Crippen LogP contribution in [0.25, 0.3) is 0 Å². The predicted octanol–water partition coefficient (Wildman–Crippen LogP) is 3.10. The molecular formula is C7H7BrIN. The quantitative estimate of drug-likeness (QED) is 0.786. The Kier molecular flexibility index (Phi) is 2.97. The summed E-state index contributed by atoms with van der Waals surface area (Å²) in [6.07, 6.45) is 0. The summed E-state index contributed by atoms with van der Waals surface area (Å²) in [5.74, 6) is 0. The van der Waals surface area contributed by atoms with Crippen LogP contribution in [0.2, 0.25) is 0 Å². The molecule has 0 heterocycles. The monoisotopic (exact) mass is 311 g/mol. The van der Waals surface area contributed by atoms with E-state index in [-0.39, 0.29) is 0 Å². The third-order valence-corrected chi connectivity index (χ3v) is 3.53. The van der Waals surface area contributed by atoms with Gasteiger partial charge < -0.3 is 5.32 Å². The first-order valence-electron chi connectivity index (χ1n) is 2.87. The van der Waals surface area contributed by atoms with Crippen molar-refractivity contribution in [2.75, 3.05) is 12.4 Å². The Morgan fingerprint density at radius 3 is 2.70 bits per heavy atom. The molecule has 0 bridgehead atoms. The van der Waals surface area contributed by atoms with Gasteiger partial charge in [0, 0.05) is 20.8 Å². The molecule has 0 aliphatic carbocycles. The number of halogens is 2. The van der Waals surface area contributed by atoms with Crippen LogP contribution in [0.1, 0.15) is 0 Å². The third-order valence-electron chi connectivity index (χ3n) is 1.21. The van der Waals surface area contributed by atoms with Gasteiger partial charge in [-0.1, -0.05) is 0 Å². The van der Waals surface area contributed by atoms with E-state index in [9.17, 15) is 0 Å². The van der Waals surface area contributed by atoms with Gasteiger partial charge in [-0.3, -0.25) is 0 Å². The smallest absolute Gasteiger partial charge is 0.0348 e. The molecule has 0 unspecified atom stereocenters. The zero-order chi connectivity index (χ0) is 7.56. The van der Waals surface area contributed by atoms with Gasteiger partial charge in [-0.25, -0.2) is 0 Å². The van der Waals surface area contributed by atoms with Gasteiger partial charge in [0.05, 0.1) is 0 Å². The lowest BCUT2D eigenvalue weighted by molar-refractivity contribution is 1.48. The molecule has 0 aromatic heterocycles. The molecule has 0 aliphatic heterocycles. The lowest BCUT2D eigenvalue weighted by atomic mass is 10.3. The number of nitrogens with one attached hydrogen (secondary N) is 1. The van der Waals surface area contributed by atoms with Gasteiger partial charge in [-0.05, 0) is 56.7 Å². The lowest BCUT2D eigenvalue weighted by Gasteiger charge is -2.00. The Labute approximate surface area is 82.5 Å². The first-order valence-corrected chi connectivity index (χ1v) is 4.74. The van der Waals surface area contributed by atoms with Gasteiger partial charge in [-0.2, -0.15) is 0 Å². The van der Waals surface area contributed by atoms with Gasteiger partial charge >= 0.3 is 0 Å². The van der Waals surface area contributed by atoms with Gasteiger partial charge in [0.2, 0.25) is 0 Å². The van der Waals surface area contributed by atoms with Crippen molar-refractivity contribution in [3.05, 3.63) is 26.2 Å². The van der Waals surface area contributed by atoms with Crippen molar-refractivity contribution in [1.82, 2.24) is 0 Å². The summed E-state index contributed by atoms with van der Waals surface area (Å²) in [5.41, 5.74) is 1.15. The van der Waals surface area contributed by atoms with Crippen molar-refractivity contribution in [2.24, 2.45) is 0 Å². The second-order valence-corrected chi connectivity index (χ2v) is 3.90. The molecule has 1 rings (SSSR count). The zero-order valence-electron chi connectivity index (χ0n) is 5.49. The maximum atomic E-state index is 3.42. The minimum Gasteiger partial charge on any atom is -0.388 e. The van der Waals surface area contributed by atoms with Crippen molar-refractivity contribution in [3.8, 4) is 0 Å². The summed E-state index contributed by atoms with van der Waals surface area (Å²) >= 11 is 5.71. The maximum Gasteiger partial charge on any atom is 0.0348 e. The van der Waals surface area contributed by atoms with Crippen LogP contribution in [0.4, 0.5) is 5.69 Å². The maximum absolute atomic E-state index is 3.42. The Morgan fingerprint density at radius 2 is 2.20 bits per heavy atom. The number of rotatable bonds is 1. The molecule has 0 radical (unpaired) electrons. The molecule has 0 saturated heterocycles. The second-order valence-electron chi connectivity index (χ2n) is 1.88. The summed E-state index contributed by atoms with van der Waals surface area (Å²) < 4.78 is 2.37. The van der Waals surface area contributed by atoms with Gasteiger partial charge in [0.1, 0.15) is 0 Å². The van der Waals surface area contributed by atoms with Crippen molar-refractivity contribution >= 4 is 44.2 Å². The lowest BCUT2D eigenvalue weighted by Crippen LogP contribution is -1.87. The van der Waals surface area contributed by atoms with E-state index < -0.39 is 0 Å². The van der Waals surface area contributed by atoms with Gasteiger partial charge in [0.25, 0.3) is 0 Å². The average Bonchev–Trinajstić information content (AvgIpc) is 1.95. The van der Waals surface area contributed by atoms with Crippen LogP contribution in [-0.2, 0) is 0 Å². The Hall–Kier alpha value is 0.230. The molecule has 3 heteroatoms. The van der Waals surface area contributed by atoms with Gasteiger partial charge in [0.15, 0.2) is 0 Å². The zero-order valence-corrected chi connectivity index (χ0v) is 9.23. The van der Waals surface area contributed by atoms with E-state index in [0.29, 0.717) is 0 Å². The van der Waals surface area contributed by atoms with E-state index >= 15 is 0 Å². The Morgan fingerprint density at radius 1 is 1.50 bits per heavy atom. The Bertz CT molecular complexity index is 237. The second kappa shape index (κ2) is 3.57. The van der Waals surface area contributed by atoms with E-state index in [2.05, 4.69) is 49.9 Å². The van der Waals surface area contributed by atoms with Crippen molar-refractivity contribution in [1.29, 1.82) is 0 Å². The summed E-state index contributed by atoms with van der Waals surface area (Å²) in [6, 6.07) is 6.16. The minimum absolute atomic E-state index is 1.15. The van der Waals surface area contributed by atoms with Crippen LogP contribution < -0.4 is 5.32 Å². The highest BCUT2D eigenvalue weighted by atomic mass is 127. The molecule has 1 aromatic rings. The van der Waals surface area contributed by atoms with E-state index in [1.165, 1.54) is 3.57 Å². The molecule has 0 amide bonds. The average molecular weight is 312 g/mol. The highest BCUT2D eigenvalue weighted by Crippen LogP contribution is 2.21. The first-order chi connectivity index (χ1) is 4.74. The van der Waals surface area contributed by atoms with Crippen LogP contribution in [-0.4, -0.2) is 7.05 Å². The van der Waals surface area contributed by atoms with Crippen LogP contribution in [0.5, 0.6) is 0 Å². The van der Waals surface area contributed by atoms with E-state index in [0.717, 1.165) is 10.2 Å². The SMILES string of the molecule is CNc1ccc(Br)c(I)c1. The van der Waals surface area contributed by atoms with Crippen LogP contribution in [0.15, 0.2) is 22.7 Å². The number of anilines is 1.